The zero-order valence-corrected chi connectivity index (χ0v) is 12.1. The van der Waals surface area contributed by atoms with Gasteiger partial charge in [0.15, 0.2) is 0 Å². The first kappa shape index (κ1) is 13.2. The lowest BCUT2D eigenvalue weighted by Crippen LogP contribution is -2.07. The van der Waals surface area contributed by atoms with Crippen molar-refractivity contribution >= 4 is 44.8 Å². The molecule has 0 amide bonds. The molecule has 1 aliphatic heterocycles. The molecule has 0 saturated heterocycles. The average Bonchev–Trinajstić information content (AvgIpc) is 2.71. The number of rotatable bonds is 2. The standard InChI is InChI=1S/C13H14N2OS2/c1-15(2)10-6-4-9(5-7-10)8-11-12(16)18-13(14-11)17-3/h4-8H,1-3H3. The molecule has 0 N–H and O–H groups in total. The molecule has 0 aromatic heterocycles. The van der Waals surface area contributed by atoms with E-state index >= 15 is 0 Å². The Labute approximate surface area is 115 Å². The summed E-state index contributed by atoms with van der Waals surface area (Å²) in [7, 11) is 4.00. The second kappa shape index (κ2) is 5.63. The van der Waals surface area contributed by atoms with Crippen molar-refractivity contribution in [2.75, 3.05) is 25.3 Å². The predicted octanol–water partition coefficient (Wildman–Crippen LogP) is 3.09. The number of nitrogens with zero attached hydrogens (tertiary/aromatic N) is 2. The third kappa shape index (κ3) is 2.97. The zero-order valence-electron chi connectivity index (χ0n) is 10.5. The Hall–Kier alpha value is -1.20. The van der Waals surface area contributed by atoms with E-state index in [0.29, 0.717) is 5.70 Å². The van der Waals surface area contributed by atoms with Gasteiger partial charge in [0, 0.05) is 19.8 Å². The maximum absolute atomic E-state index is 11.7. The van der Waals surface area contributed by atoms with Crippen LogP contribution in [0.4, 0.5) is 5.69 Å². The Bertz CT molecular complexity index is 518. The van der Waals surface area contributed by atoms with E-state index in [1.54, 1.807) is 0 Å². The van der Waals surface area contributed by atoms with E-state index in [1.165, 1.54) is 23.5 Å². The number of hydrogen-bond donors (Lipinski definition) is 0. The van der Waals surface area contributed by atoms with Gasteiger partial charge in [0.2, 0.25) is 5.12 Å². The van der Waals surface area contributed by atoms with Gasteiger partial charge >= 0.3 is 0 Å². The van der Waals surface area contributed by atoms with Gasteiger partial charge in [-0.05, 0) is 41.8 Å². The second-order valence-electron chi connectivity index (χ2n) is 3.99. The quantitative estimate of drug-likeness (QED) is 0.778. The summed E-state index contributed by atoms with van der Waals surface area (Å²) in [4.78, 5) is 18.0. The fourth-order valence-electron chi connectivity index (χ4n) is 1.50. The highest BCUT2D eigenvalue weighted by atomic mass is 32.2. The van der Waals surface area contributed by atoms with E-state index in [0.717, 1.165) is 15.6 Å². The third-order valence-electron chi connectivity index (χ3n) is 2.49. The molecule has 1 aromatic carbocycles. The second-order valence-corrected chi connectivity index (χ2v) is 6.00. The van der Waals surface area contributed by atoms with Crippen LogP contribution in [0.25, 0.3) is 6.08 Å². The van der Waals surface area contributed by atoms with Gasteiger partial charge in [0.05, 0.1) is 0 Å². The van der Waals surface area contributed by atoms with E-state index < -0.39 is 0 Å². The van der Waals surface area contributed by atoms with Gasteiger partial charge in [-0.2, -0.15) is 0 Å². The summed E-state index contributed by atoms with van der Waals surface area (Å²) in [5.74, 6) is 0. The monoisotopic (exact) mass is 278 g/mol. The highest BCUT2D eigenvalue weighted by Crippen LogP contribution is 2.29. The number of carbonyl (C=O) groups excluding carboxylic acids is 1. The van der Waals surface area contributed by atoms with Gasteiger partial charge in [-0.25, -0.2) is 4.99 Å². The highest BCUT2D eigenvalue weighted by Gasteiger charge is 2.21. The van der Waals surface area contributed by atoms with E-state index in [2.05, 4.69) is 4.99 Å². The van der Waals surface area contributed by atoms with Crippen molar-refractivity contribution in [1.29, 1.82) is 0 Å². The molecule has 3 nitrogen and oxygen atoms in total. The zero-order chi connectivity index (χ0) is 13.1. The first-order valence-corrected chi connectivity index (χ1v) is 7.48. The molecule has 0 spiro atoms. The van der Waals surface area contributed by atoms with Gasteiger partial charge in [-0.3, -0.25) is 4.79 Å². The fraction of sp³-hybridized carbons (Fsp3) is 0.231. The predicted molar refractivity (Wildman–Crippen MR) is 82.3 cm³/mol. The average molecular weight is 278 g/mol. The van der Waals surface area contributed by atoms with E-state index in [-0.39, 0.29) is 5.12 Å². The number of aliphatic imine (C=N–C) groups is 1. The molecule has 1 aliphatic rings. The van der Waals surface area contributed by atoms with Crippen LogP contribution < -0.4 is 4.90 Å². The number of benzene rings is 1. The molecule has 1 heterocycles. The van der Waals surface area contributed by atoms with Gasteiger partial charge in [-0.15, -0.1) is 11.8 Å². The maximum atomic E-state index is 11.7. The Kier molecular flexibility index (Phi) is 4.14. The first-order valence-electron chi connectivity index (χ1n) is 5.44. The lowest BCUT2D eigenvalue weighted by atomic mass is 10.1. The summed E-state index contributed by atoms with van der Waals surface area (Å²) < 4.78 is 0.816. The van der Waals surface area contributed by atoms with E-state index in [4.69, 9.17) is 0 Å². The van der Waals surface area contributed by atoms with Crippen LogP contribution in [-0.2, 0) is 4.79 Å². The molecule has 1 aromatic rings. The summed E-state index contributed by atoms with van der Waals surface area (Å²) in [5.41, 5.74) is 2.66. The summed E-state index contributed by atoms with van der Waals surface area (Å²) in [6.07, 6.45) is 3.76. The maximum Gasteiger partial charge on any atom is 0.244 e. The molecule has 18 heavy (non-hydrogen) atoms. The third-order valence-corrected chi connectivity index (χ3v) is 4.34. The largest absolute Gasteiger partial charge is 0.378 e. The molecule has 0 fully saturated rings. The number of thioether (sulfide) groups is 2. The lowest BCUT2D eigenvalue weighted by Gasteiger charge is -2.11. The molecule has 0 atom stereocenters. The minimum Gasteiger partial charge on any atom is -0.378 e. The SMILES string of the molecule is CSC1=NC(=Cc2ccc(N(C)C)cc2)C(=O)S1. The molecule has 0 aliphatic carbocycles. The van der Waals surface area contributed by atoms with E-state index in [9.17, 15) is 4.79 Å². The van der Waals surface area contributed by atoms with Crippen LogP contribution in [0, 0.1) is 0 Å². The van der Waals surface area contributed by atoms with Gasteiger partial charge in [0.25, 0.3) is 0 Å². The first-order chi connectivity index (χ1) is 8.60. The molecule has 0 radical (unpaired) electrons. The van der Waals surface area contributed by atoms with Gasteiger partial charge in [0.1, 0.15) is 10.1 Å². The molecular weight excluding hydrogens is 264 g/mol. The highest BCUT2D eigenvalue weighted by molar-refractivity contribution is 8.45. The van der Waals surface area contributed by atoms with Crippen LogP contribution in [0.2, 0.25) is 0 Å². The number of hydrogen-bond acceptors (Lipinski definition) is 5. The molecule has 2 rings (SSSR count). The van der Waals surface area contributed by atoms with Crippen LogP contribution in [0.1, 0.15) is 5.56 Å². The molecule has 5 heteroatoms. The van der Waals surface area contributed by atoms with Crippen molar-refractivity contribution in [3.8, 4) is 0 Å². The summed E-state index contributed by atoms with van der Waals surface area (Å²) in [6.45, 7) is 0. The smallest absolute Gasteiger partial charge is 0.244 e. The van der Waals surface area contributed by atoms with Gasteiger partial charge in [-0.1, -0.05) is 12.1 Å². The normalized spacial score (nSPS) is 17.2. The summed E-state index contributed by atoms with van der Waals surface area (Å²) in [6, 6.07) is 8.04. The Morgan fingerprint density at radius 3 is 2.44 bits per heavy atom. The minimum absolute atomic E-state index is 0.0241. The molecule has 94 valence electrons. The van der Waals surface area contributed by atoms with Crippen LogP contribution in [0.3, 0.4) is 0 Å². The molecular formula is C13H14N2OS2. The van der Waals surface area contributed by atoms with Crippen molar-refractivity contribution in [3.63, 3.8) is 0 Å². The van der Waals surface area contributed by atoms with E-state index in [1.807, 2.05) is 55.6 Å². The van der Waals surface area contributed by atoms with Crippen molar-refractivity contribution in [2.45, 2.75) is 0 Å². The molecule has 0 bridgehead atoms. The topological polar surface area (TPSA) is 32.7 Å². The van der Waals surface area contributed by atoms with Crippen LogP contribution in [0.5, 0.6) is 0 Å². The van der Waals surface area contributed by atoms with Gasteiger partial charge < -0.3 is 4.90 Å². The molecule has 0 saturated carbocycles. The number of anilines is 1. The summed E-state index contributed by atoms with van der Waals surface area (Å²) >= 11 is 2.70. The van der Waals surface area contributed by atoms with Crippen molar-refractivity contribution < 1.29 is 4.79 Å². The van der Waals surface area contributed by atoms with Crippen LogP contribution >= 0.6 is 23.5 Å². The van der Waals surface area contributed by atoms with Crippen LogP contribution in [0.15, 0.2) is 35.0 Å². The minimum atomic E-state index is 0.0241. The van der Waals surface area contributed by atoms with Crippen molar-refractivity contribution in [2.24, 2.45) is 4.99 Å². The van der Waals surface area contributed by atoms with Crippen LogP contribution in [-0.4, -0.2) is 29.8 Å². The van der Waals surface area contributed by atoms with Crippen molar-refractivity contribution in [3.05, 3.63) is 35.5 Å². The Morgan fingerprint density at radius 1 is 1.28 bits per heavy atom. The van der Waals surface area contributed by atoms with Crippen molar-refractivity contribution in [1.82, 2.24) is 0 Å². The lowest BCUT2D eigenvalue weighted by molar-refractivity contribution is -0.107. The molecule has 0 unspecified atom stereocenters. The Morgan fingerprint density at radius 2 is 1.94 bits per heavy atom. The fourth-order valence-corrected chi connectivity index (χ4v) is 2.77. The number of carbonyl (C=O) groups is 1. The summed E-state index contributed by atoms with van der Waals surface area (Å²) in [5, 5.41) is 0.0241. The Balaban J connectivity index is 2.23.